The second-order valence-corrected chi connectivity index (χ2v) is 8.94. The zero-order valence-electron chi connectivity index (χ0n) is 17.6. The van der Waals surface area contributed by atoms with Crippen molar-refractivity contribution in [2.24, 2.45) is 0 Å². The van der Waals surface area contributed by atoms with Crippen LogP contribution in [0, 0.1) is 0 Å². The van der Waals surface area contributed by atoms with Gasteiger partial charge in [0, 0.05) is 11.4 Å². The number of halogens is 1. The molecule has 0 heterocycles. The summed E-state index contributed by atoms with van der Waals surface area (Å²) in [5, 5.41) is 0. The van der Waals surface area contributed by atoms with Gasteiger partial charge in [0.2, 0.25) is 0 Å². The SMILES string of the molecule is C[I-]CC(=O)C(=O)OCCOC(=O)c1ccc(N(c2ccccc2)c2ccccc2)cc1. The van der Waals surface area contributed by atoms with Crippen molar-refractivity contribution in [2.75, 3.05) is 27.5 Å². The Morgan fingerprint density at radius 2 is 1.22 bits per heavy atom. The summed E-state index contributed by atoms with van der Waals surface area (Å²) in [6.07, 6.45) is 0. The first-order valence-electron chi connectivity index (χ1n) is 9.91. The molecule has 0 N–H and O–H groups in total. The van der Waals surface area contributed by atoms with Crippen molar-refractivity contribution in [3.05, 3.63) is 90.5 Å². The van der Waals surface area contributed by atoms with E-state index in [9.17, 15) is 14.4 Å². The maximum absolute atomic E-state index is 12.3. The number of ketones is 1. The minimum absolute atomic E-state index is 0.110. The molecular formula is C25H23INO5-. The van der Waals surface area contributed by atoms with Crippen molar-refractivity contribution < 1.29 is 45.1 Å². The van der Waals surface area contributed by atoms with Crippen LogP contribution in [0.5, 0.6) is 0 Å². The number of nitrogens with zero attached hydrogens (tertiary/aromatic N) is 1. The van der Waals surface area contributed by atoms with Gasteiger partial charge < -0.3 is 4.90 Å². The third-order valence-corrected chi connectivity index (χ3v) is 5.88. The normalized spacial score (nSPS) is 10.4. The van der Waals surface area contributed by atoms with E-state index in [0.717, 1.165) is 17.1 Å². The van der Waals surface area contributed by atoms with Crippen LogP contribution in [0.15, 0.2) is 84.9 Å². The molecule has 3 aromatic rings. The van der Waals surface area contributed by atoms with E-state index in [0.29, 0.717) is 5.56 Å². The van der Waals surface area contributed by atoms with E-state index in [4.69, 9.17) is 9.47 Å². The van der Waals surface area contributed by atoms with Crippen molar-refractivity contribution in [1.82, 2.24) is 0 Å². The van der Waals surface area contributed by atoms with E-state index in [1.54, 1.807) is 12.1 Å². The Morgan fingerprint density at radius 1 is 0.719 bits per heavy atom. The summed E-state index contributed by atoms with van der Waals surface area (Å²) in [4.78, 5) is 39.2. The number of alkyl halides is 2. The molecule has 0 aliphatic rings. The number of esters is 2. The van der Waals surface area contributed by atoms with E-state index < -0.39 is 17.7 Å². The fourth-order valence-corrected chi connectivity index (χ4v) is 3.96. The molecule has 166 valence electrons. The number of benzene rings is 3. The van der Waals surface area contributed by atoms with Crippen LogP contribution in [-0.2, 0) is 19.1 Å². The van der Waals surface area contributed by atoms with Crippen LogP contribution in [-0.4, -0.2) is 40.3 Å². The predicted octanol–water partition coefficient (Wildman–Crippen LogP) is 1.14. The van der Waals surface area contributed by atoms with Gasteiger partial charge in [0.05, 0.1) is 0 Å². The van der Waals surface area contributed by atoms with Crippen molar-refractivity contribution in [3.8, 4) is 0 Å². The second kappa shape index (κ2) is 12.0. The summed E-state index contributed by atoms with van der Waals surface area (Å²) >= 11 is -0.305. The summed E-state index contributed by atoms with van der Waals surface area (Å²) in [6.45, 7) is -0.257. The van der Waals surface area contributed by atoms with Crippen LogP contribution in [0.3, 0.4) is 0 Å². The quantitative estimate of drug-likeness (QED) is 0.125. The first-order valence-corrected chi connectivity index (χ1v) is 13.6. The number of hydrogen-bond acceptors (Lipinski definition) is 6. The molecule has 0 spiro atoms. The van der Waals surface area contributed by atoms with Gasteiger partial charge in [0.1, 0.15) is 0 Å². The first-order chi connectivity index (χ1) is 15.6. The van der Waals surface area contributed by atoms with Gasteiger partial charge in [-0.3, -0.25) is 0 Å². The Labute approximate surface area is 197 Å². The van der Waals surface area contributed by atoms with Gasteiger partial charge in [0.25, 0.3) is 0 Å². The molecular weight excluding hydrogens is 521 g/mol. The van der Waals surface area contributed by atoms with E-state index >= 15 is 0 Å². The summed E-state index contributed by atoms with van der Waals surface area (Å²) < 4.78 is 10.2. The predicted molar refractivity (Wildman–Crippen MR) is 118 cm³/mol. The molecule has 0 aromatic heterocycles. The molecule has 3 rings (SSSR count). The van der Waals surface area contributed by atoms with Gasteiger partial charge in [-0.2, -0.15) is 0 Å². The number of carbonyl (C=O) groups excluding carboxylic acids is 3. The molecule has 0 unspecified atom stereocenters. The zero-order chi connectivity index (χ0) is 22.8. The summed E-state index contributed by atoms with van der Waals surface area (Å²) in [5.74, 6) is -1.92. The monoisotopic (exact) mass is 544 g/mol. The molecule has 3 aromatic carbocycles. The van der Waals surface area contributed by atoms with Crippen LogP contribution in [0.4, 0.5) is 17.1 Å². The summed E-state index contributed by atoms with van der Waals surface area (Å²) in [7, 11) is 0. The van der Waals surface area contributed by atoms with Gasteiger partial charge in [-0.05, 0) is 24.3 Å². The number of Topliss-reactive ketones (excluding diaryl/α,β-unsaturated/α-hetero) is 1. The van der Waals surface area contributed by atoms with Gasteiger partial charge >= 0.3 is 121 Å². The number of carbonyl (C=O) groups is 3. The Bertz CT molecular complexity index is 999. The Hall–Kier alpha value is -3.20. The summed E-state index contributed by atoms with van der Waals surface area (Å²) in [5.41, 5.74) is 3.27. The third-order valence-electron chi connectivity index (χ3n) is 4.42. The number of rotatable bonds is 10. The van der Waals surface area contributed by atoms with Crippen LogP contribution in [0.2, 0.25) is 0 Å². The van der Waals surface area contributed by atoms with E-state index in [2.05, 4.69) is 4.90 Å². The fourth-order valence-electron chi connectivity index (χ4n) is 2.96. The van der Waals surface area contributed by atoms with Crippen molar-refractivity contribution in [2.45, 2.75) is 0 Å². The molecule has 7 heteroatoms. The van der Waals surface area contributed by atoms with Gasteiger partial charge in [-0.1, -0.05) is 36.4 Å². The van der Waals surface area contributed by atoms with Crippen molar-refractivity contribution >= 4 is 34.8 Å². The molecule has 0 saturated carbocycles. The number of para-hydroxylation sites is 2. The second-order valence-electron chi connectivity index (χ2n) is 6.65. The van der Waals surface area contributed by atoms with Gasteiger partial charge in [0.15, 0.2) is 0 Å². The molecule has 32 heavy (non-hydrogen) atoms. The molecule has 0 saturated heterocycles. The molecule has 0 aliphatic carbocycles. The average Bonchev–Trinajstić information content (AvgIpc) is 2.83. The third kappa shape index (κ3) is 6.40. The molecule has 0 aliphatic heterocycles. The maximum atomic E-state index is 12.3. The van der Waals surface area contributed by atoms with E-state index in [1.807, 2.05) is 77.7 Å². The van der Waals surface area contributed by atoms with Gasteiger partial charge in [-0.15, -0.1) is 0 Å². The summed E-state index contributed by atoms with van der Waals surface area (Å²) in [6, 6.07) is 27.0. The number of anilines is 3. The van der Waals surface area contributed by atoms with Crippen LogP contribution >= 0.6 is 0 Å². The first kappa shape index (κ1) is 23.5. The van der Waals surface area contributed by atoms with Crippen molar-refractivity contribution in [3.63, 3.8) is 0 Å². The Kier molecular flexibility index (Phi) is 8.79. The fraction of sp³-hybridized carbons (Fsp3) is 0.160. The molecule has 0 atom stereocenters. The average molecular weight is 544 g/mol. The molecule has 0 fully saturated rings. The van der Waals surface area contributed by atoms with E-state index in [1.165, 1.54) is 0 Å². The number of hydrogen-bond donors (Lipinski definition) is 0. The molecule has 0 bridgehead atoms. The zero-order valence-corrected chi connectivity index (χ0v) is 19.7. The van der Waals surface area contributed by atoms with E-state index in [-0.39, 0.29) is 38.8 Å². The molecule has 0 radical (unpaired) electrons. The topological polar surface area (TPSA) is 72.9 Å². The van der Waals surface area contributed by atoms with Crippen LogP contribution in [0.1, 0.15) is 10.4 Å². The Morgan fingerprint density at radius 3 is 1.75 bits per heavy atom. The number of ether oxygens (including phenoxy) is 2. The van der Waals surface area contributed by atoms with Gasteiger partial charge in [-0.25, -0.2) is 0 Å². The van der Waals surface area contributed by atoms with Crippen LogP contribution < -0.4 is 26.1 Å². The van der Waals surface area contributed by atoms with Crippen LogP contribution in [0.25, 0.3) is 0 Å². The molecule has 6 nitrogen and oxygen atoms in total. The van der Waals surface area contributed by atoms with Crippen molar-refractivity contribution in [1.29, 1.82) is 0 Å². The minimum atomic E-state index is -0.867. The molecule has 0 amide bonds. The standard InChI is InChI=1S/C25H23INO5/c1-26-18-23(28)25(30)32-17-16-31-24(29)19-12-14-22(15-13-19)27(20-8-4-2-5-9-20)21-10-6-3-7-11-21/h2-15H,16-18H2,1H3/q-1. The Balaban J connectivity index is 1.63.